The Kier molecular flexibility index (Phi) is 6.75. The number of ether oxygens (including phenoxy) is 3. The van der Waals surface area contributed by atoms with Crippen LogP contribution in [0.25, 0.3) is 6.08 Å². The number of nitriles is 1. The number of hydrogen-bond donors (Lipinski definition) is 0. The zero-order chi connectivity index (χ0) is 23.5. The first-order valence-electron chi connectivity index (χ1n) is 11.4. The predicted octanol–water partition coefficient (Wildman–Crippen LogP) is 3.79. The first kappa shape index (κ1) is 22.9. The fourth-order valence-corrected chi connectivity index (χ4v) is 4.77. The van der Waals surface area contributed by atoms with Gasteiger partial charge in [0.25, 0.3) is 5.91 Å². The third-order valence-corrected chi connectivity index (χ3v) is 6.68. The lowest BCUT2D eigenvalue weighted by atomic mass is 9.98. The van der Waals surface area contributed by atoms with Gasteiger partial charge in [-0.15, -0.1) is 0 Å². The number of aromatic nitrogens is 1. The highest BCUT2D eigenvalue weighted by Gasteiger charge is 2.26. The van der Waals surface area contributed by atoms with Gasteiger partial charge in [-0.3, -0.25) is 4.79 Å². The summed E-state index contributed by atoms with van der Waals surface area (Å²) in [5.74, 6) is 1.08. The van der Waals surface area contributed by atoms with Gasteiger partial charge in [-0.05, 0) is 74.1 Å². The molecule has 2 aromatic rings. The Morgan fingerprint density at radius 2 is 1.94 bits per heavy atom. The Morgan fingerprint density at radius 3 is 2.58 bits per heavy atom. The van der Waals surface area contributed by atoms with Crippen molar-refractivity contribution in [3.05, 3.63) is 51.9 Å². The molecule has 0 saturated carbocycles. The van der Waals surface area contributed by atoms with Crippen LogP contribution in [0.1, 0.15) is 40.9 Å². The van der Waals surface area contributed by atoms with Gasteiger partial charge >= 0.3 is 0 Å². The highest BCUT2D eigenvalue weighted by Crippen LogP contribution is 2.33. The van der Waals surface area contributed by atoms with Crippen LogP contribution in [0.4, 0.5) is 0 Å². The molecule has 1 aromatic carbocycles. The van der Waals surface area contributed by atoms with E-state index in [2.05, 4.69) is 17.6 Å². The van der Waals surface area contributed by atoms with Crippen LogP contribution >= 0.6 is 0 Å². The molecule has 1 amide bonds. The van der Waals surface area contributed by atoms with Gasteiger partial charge in [0.15, 0.2) is 11.5 Å². The Morgan fingerprint density at radius 1 is 1.21 bits per heavy atom. The molecule has 1 aromatic heterocycles. The van der Waals surface area contributed by atoms with Crippen molar-refractivity contribution in [3.63, 3.8) is 0 Å². The molecule has 1 unspecified atom stereocenters. The van der Waals surface area contributed by atoms with E-state index >= 15 is 0 Å². The number of carbonyl (C=O) groups excluding carboxylic acids is 1. The van der Waals surface area contributed by atoms with Gasteiger partial charge in [-0.2, -0.15) is 5.26 Å². The lowest BCUT2D eigenvalue weighted by molar-refractivity contribution is -0.127. The van der Waals surface area contributed by atoms with Crippen molar-refractivity contribution in [1.29, 1.82) is 5.26 Å². The van der Waals surface area contributed by atoms with Crippen molar-refractivity contribution in [1.82, 2.24) is 9.47 Å². The smallest absolute Gasteiger partial charge is 0.264 e. The van der Waals surface area contributed by atoms with Crippen molar-refractivity contribution in [2.45, 2.75) is 52.3 Å². The second-order valence-electron chi connectivity index (χ2n) is 8.69. The highest BCUT2D eigenvalue weighted by molar-refractivity contribution is 6.02. The molecule has 0 radical (unpaired) electrons. The Balaban J connectivity index is 1.55. The van der Waals surface area contributed by atoms with Crippen LogP contribution < -0.4 is 9.47 Å². The van der Waals surface area contributed by atoms with Crippen molar-refractivity contribution < 1.29 is 19.0 Å². The number of carbonyl (C=O) groups is 1. The van der Waals surface area contributed by atoms with Crippen molar-refractivity contribution >= 4 is 12.0 Å². The Hall–Kier alpha value is -3.24. The molecule has 0 aliphatic carbocycles. The summed E-state index contributed by atoms with van der Waals surface area (Å²) in [5, 5.41) is 9.80. The van der Waals surface area contributed by atoms with Crippen LogP contribution in [0.15, 0.2) is 23.8 Å². The fourth-order valence-electron chi connectivity index (χ4n) is 4.77. The van der Waals surface area contributed by atoms with Crippen LogP contribution in [0.5, 0.6) is 11.5 Å². The average molecular weight is 450 g/mol. The third-order valence-electron chi connectivity index (χ3n) is 6.68. The number of rotatable bonds is 6. The van der Waals surface area contributed by atoms with E-state index in [9.17, 15) is 10.1 Å². The summed E-state index contributed by atoms with van der Waals surface area (Å²) in [6, 6.07) is 8.06. The van der Waals surface area contributed by atoms with Crippen molar-refractivity contribution in [2.75, 3.05) is 27.4 Å². The number of methoxy groups -OCH3 is 2. The van der Waals surface area contributed by atoms with E-state index in [-0.39, 0.29) is 17.6 Å². The van der Waals surface area contributed by atoms with Crippen molar-refractivity contribution in [3.8, 4) is 17.6 Å². The molecule has 0 bridgehead atoms. The SMILES string of the molecule is COc1cc2c(cc1OC)CN(C(=O)/C(C#N)=C/c1cc(C)n(CC3CCCO3)c1C)CC2. The normalized spacial score (nSPS) is 18.1. The molecule has 2 aliphatic heterocycles. The van der Waals surface area contributed by atoms with E-state index in [1.807, 2.05) is 25.1 Å². The molecular weight excluding hydrogens is 418 g/mol. The van der Waals surface area contributed by atoms with E-state index in [1.165, 1.54) is 0 Å². The summed E-state index contributed by atoms with van der Waals surface area (Å²) in [6.45, 7) is 6.70. The van der Waals surface area contributed by atoms with Crippen LogP contribution in [-0.4, -0.2) is 48.8 Å². The number of benzene rings is 1. The lowest BCUT2D eigenvalue weighted by Crippen LogP contribution is -2.36. The molecule has 7 heteroatoms. The quantitative estimate of drug-likeness (QED) is 0.495. The Labute approximate surface area is 195 Å². The van der Waals surface area contributed by atoms with Gasteiger partial charge in [0, 0.05) is 37.6 Å². The average Bonchev–Trinajstić information content (AvgIpc) is 3.44. The Bertz CT molecular complexity index is 1120. The maximum atomic E-state index is 13.3. The minimum Gasteiger partial charge on any atom is -0.493 e. The highest BCUT2D eigenvalue weighted by atomic mass is 16.5. The number of hydrogen-bond acceptors (Lipinski definition) is 5. The van der Waals surface area contributed by atoms with Crippen LogP contribution in [0.2, 0.25) is 0 Å². The van der Waals surface area contributed by atoms with E-state index < -0.39 is 0 Å². The first-order valence-corrected chi connectivity index (χ1v) is 11.4. The van der Waals surface area contributed by atoms with Gasteiger partial charge in [-0.1, -0.05) is 0 Å². The third kappa shape index (κ3) is 4.62. The molecule has 4 rings (SSSR count). The minimum absolute atomic E-state index is 0.149. The zero-order valence-corrected chi connectivity index (χ0v) is 19.8. The molecule has 7 nitrogen and oxygen atoms in total. The lowest BCUT2D eigenvalue weighted by Gasteiger charge is -2.29. The van der Waals surface area contributed by atoms with Gasteiger partial charge in [0.1, 0.15) is 11.6 Å². The van der Waals surface area contributed by atoms with E-state index in [1.54, 1.807) is 25.2 Å². The zero-order valence-electron chi connectivity index (χ0n) is 19.8. The standard InChI is InChI=1S/C26H31N3O4/c1-17-10-20(18(2)29(17)16-23-6-5-9-33-23)11-21(14-27)26(30)28-8-7-19-12-24(31-3)25(32-4)13-22(19)15-28/h10-13,23H,5-9,15-16H2,1-4H3/b21-11+. The van der Waals surface area contributed by atoms with E-state index in [4.69, 9.17) is 14.2 Å². The summed E-state index contributed by atoms with van der Waals surface area (Å²) in [5.41, 5.74) is 5.35. The van der Waals surface area contributed by atoms with E-state index in [0.29, 0.717) is 31.0 Å². The molecule has 2 aliphatic rings. The van der Waals surface area contributed by atoms with Crippen molar-refractivity contribution in [2.24, 2.45) is 0 Å². The maximum Gasteiger partial charge on any atom is 0.264 e. The van der Waals surface area contributed by atoms with Gasteiger partial charge in [-0.25, -0.2) is 0 Å². The van der Waals surface area contributed by atoms with Crippen LogP contribution in [0.3, 0.4) is 0 Å². The molecule has 33 heavy (non-hydrogen) atoms. The van der Waals surface area contributed by atoms with Gasteiger partial charge in [0.2, 0.25) is 0 Å². The fraction of sp³-hybridized carbons (Fsp3) is 0.462. The molecule has 1 fully saturated rings. The predicted molar refractivity (Wildman–Crippen MR) is 125 cm³/mol. The molecule has 1 saturated heterocycles. The van der Waals surface area contributed by atoms with Crippen LogP contribution in [0, 0.1) is 25.2 Å². The van der Waals surface area contributed by atoms with Gasteiger partial charge < -0.3 is 23.7 Å². The molecular formula is C26H31N3O4. The number of amides is 1. The minimum atomic E-state index is -0.248. The molecule has 1 atom stereocenters. The van der Waals surface area contributed by atoms with Gasteiger partial charge in [0.05, 0.1) is 20.3 Å². The summed E-state index contributed by atoms with van der Waals surface area (Å²) in [6.07, 6.45) is 4.82. The summed E-state index contributed by atoms with van der Waals surface area (Å²) in [4.78, 5) is 15.0. The topological polar surface area (TPSA) is 76.7 Å². The number of fused-ring (bicyclic) bond motifs is 1. The molecule has 0 spiro atoms. The summed E-state index contributed by atoms with van der Waals surface area (Å²) in [7, 11) is 3.21. The number of nitrogens with zero attached hydrogens (tertiary/aromatic N) is 3. The second kappa shape index (κ2) is 9.72. The first-order chi connectivity index (χ1) is 15.9. The largest absolute Gasteiger partial charge is 0.493 e. The molecule has 0 N–H and O–H groups in total. The summed E-state index contributed by atoms with van der Waals surface area (Å²) >= 11 is 0. The molecule has 3 heterocycles. The summed E-state index contributed by atoms with van der Waals surface area (Å²) < 4.78 is 18.8. The van der Waals surface area contributed by atoms with E-state index in [0.717, 1.165) is 54.1 Å². The second-order valence-corrected chi connectivity index (χ2v) is 8.69. The molecule has 174 valence electrons. The maximum absolute atomic E-state index is 13.3. The number of aryl methyl sites for hydroxylation is 1. The monoisotopic (exact) mass is 449 g/mol. The van der Waals surface area contributed by atoms with Crippen LogP contribution in [-0.2, 0) is 29.0 Å².